The first-order chi connectivity index (χ1) is 5.27. The van der Waals surface area contributed by atoms with Crippen molar-refractivity contribution >= 4 is 17.9 Å². The van der Waals surface area contributed by atoms with E-state index in [1.165, 1.54) is 0 Å². The van der Waals surface area contributed by atoms with Gasteiger partial charge < -0.3 is 5.73 Å². The van der Waals surface area contributed by atoms with Crippen molar-refractivity contribution in [1.29, 1.82) is 0 Å². The van der Waals surface area contributed by atoms with E-state index in [1.807, 2.05) is 0 Å². The minimum Gasteiger partial charge on any atom is -0.369 e. The van der Waals surface area contributed by atoms with Crippen LogP contribution in [-0.4, -0.2) is 16.2 Å². The summed E-state index contributed by atoms with van der Waals surface area (Å²) >= 11 is 0. The van der Waals surface area contributed by atoms with Gasteiger partial charge in [-0.15, -0.1) is 0 Å². The van der Waals surface area contributed by atoms with E-state index in [0.717, 1.165) is 0 Å². The minimum atomic E-state index is -0.263. The number of hydrogen-bond donors (Lipinski definition) is 2. The highest BCUT2D eigenvalue weighted by atomic mass is 16.1. The number of fused-ring (bicyclic) bond motifs is 1. The number of aromatic nitrogens is 2. The largest absolute Gasteiger partial charge is 0.369 e. The van der Waals surface area contributed by atoms with Crippen LogP contribution in [0.4, 0.5) is 11.6 Å². The second-order valence-corrected chi connectivity index (χ2v) is 2.26. The maximum Gasteiger partial charge on any atom is 0.278 e. The molecule has 0 atom stereocenters. The van der Waals surface area contributed by atoms with Crippen molar-refractivity contribution in [2.24, 2.45) is 4.99 Å². The Hall–Kier alpha value is -1.65. The molecule has 0 saturated carbocycles. The number of aromatic amines is 1. The molecule has 1 aromatic heterocycles. The summed E-state index contributed by atoms with van der Waals surface area (Å²) in [4.78, 5) is 21.2. The Labute approximate surface area is 62.0 Å². The third kappa shape index (κ3) is 0.813. The molecule has 0 saturated heterocycles. The second-order valence-electron chi connectivity index (χ2n) is 2.26. The predicted molar refractivity (Wildman–Crippen MR) is 41.1 cm³/mol. The Morgan fingerprint density at radius 2 is 2.45 bits per heavy atom. The molecule has 5 nitrogen and oxygen atoms in total. The van der Waals surface area contributed by atoms with Crippen LogP contribution in [0.1, 0.15) is 5.69 Å². The Balaban J connectivity index is 2.77. The van der Waals surface area contributed by atoms with Gasteiger partial charge in [-0.2, -0.15) is 0 Å². The fourth-order valence-corrected chi connectivity index (χ4v) is 1.03. The zero-order valence-corrected chi connectivity index (χ0v) is 5.66. The highest BCUT2D eigenvalue weighted by molar-refractivity contribution is 5.73. The van der Waals surface area contributed by atoms with E-state index < -0.39 is 0 Å². The number of anilines is 1. The highest BCUT2D eigenvalue weighted by Crippen LogP contribution is 2.15. The molecule has 0 radical (unpaired) electrons. The molecule has 1 aliphatic rings. The van der Waals surface area contributed by atoms with Gasteiger partial charge in [0.15, 0.2) is 0 Å². The fourth-order valence-electron chi connectivity index (χ4n) is 1.03. The van der Waals surface area contributed by atoms with Crippen LogP contribution in [-0.2, 0) is 6.42 Å². The van der Waals surface area contributed by atoms with Gasteiger partial charge in [0.2, 0.25) is 5.95 Å². The quantitative estimate of drug-likeness (QED) is 0.528. The van der Waals surface area contributed by atoms with Crippen molar-refractivity contribution in [2.75, 3.05) is 5.73 Å². The lowest BCUT2D eigenvalue weighted by atomic mass is 10.3. The fraction of sp³-hybridized carbons (Fsp3) is 0.167. The average molecular weight is 150 g/mol. The van der Waals surface area contributed by atoms with E-state index in [9.17, 15) is 4.79 Å². The molecule has 0 aliphatic carbocycles. The Kier molecular flexibility index (Phi) is 1.06. The Morgan fingerprint density at radius 3 is 3.27 bits per heavy atom. The zero-order chi connectivity index (χ0) is 7.84. The number of nitrogens with zero attached hydrogens (tertiary/aromatic N) is 2. The molecule has 0 aromatic carbocycles. The van der Waals surface area contributed by atoms with Gasteiger partial charge in [0.25, 0.3) is 5.56 Å². The molecule has 56 valence electrons. The predicted octanol–water partition coefficient (Wildman–Crippen LogP) is -0.390. The van der Waals surface area contributed by atoms with Crippen LogP contribution in [0.3, 0.4) is 0 Å². The standard InChI is InChI=1S/C6H6N4O/c7-6-9-3-1-2-8-4(3)5(11)10-6/h2H,1H2,(H3,7,9,10,11). The van der Waals surface area contributed by atoms with Crippen LogP contribution < -0.4 is 11.3 Å². The first-order valence-electron chi connectivity index (χ1n) is 3.18. The number of aliphatic imine (C=N–C) groups is 1. The molecular formula is C6H6N4O. The maximum absolute atomic E-state index is 11.0. The number of nitrogens with one attached hydrogen (secondary N) is 1. The van der Waals surface area contributed by atoms with Gasteiger partial charge in [0, 0.05) is 12.6 Å². The van der Waals surface area contributed by atoms with Crippen LogP contribution in [0, 0.1) is 0 Å². The number of rotatable bonds is 0. The van der Waals surface area contributed by atoms with Gasteiger partial charge in [0.05, 0.1) is 5.69 Å². The topological polar surface area (TPSA) is 84.1 Å². The molecule has 0 fully saturated rings. The van der Waals surface area contributed by atoms with Crippen LogP contribution in [0.5, 0.6) is 0 Å². The number of H-pyrrole nitrogens is 1. The van der Waals surface area contributed by atoms with Gasteiger partial charge in [-0.05, 0) is 0 Å². The summed E-state index contributed by atoms with van der Waals surface area (Å²) in [5.74, 6) is 0.152. The molecule has 5 heteroatoms. The molecule has 2 heterocycles. The summed E-state index contributed by atoms with van der Waals surface area (Å²) in [5.41, 5.74) is 6.09. The van der Waals surface area contributed by atoms with Gasteiger partial charge in [-0.1, -0.05) is 0 Å². The summed E-state index contributed by atoms with van der Waals surface area (Å²) < 4.78 is 0. The molecule has 0 amide bonds. The van der Waals surface area contributed by atoms with Crippen molar-refractivity contribution in [3.05, 3.63) is 16.0 Å². The molecule has 0 spiro atoms. The average Bonchev–Trinajstić information content (AvgIpc) is 2.34. The van der Waals surface area contributed by atoms with Gasteiger partial charge in [-0.25, -0.2) is 4.98 Å². The lowest BCUT2D eigenvalue weighted by Gasteiger charge is -1.95. The number of hydrogen-bond acceptors (Lipinski definition) is 4. The van der Waals surface area contributed by atoms with Crippen molar-refractivity contribution in [2.45, 2.75) is 6.42 Å². The van der Waals surface area contributed by atoms with E-state index in [1.54, 1.807) is 6.21 Å². The summed E-state index contributed by atoms with van der Waals surface area (Å²) in [6, 6.07) is 0. The van der Waals surface area contributed by atoms with Crippen LogP contribution in [0.15, 0.2) is 9.79 Å². The molecule has 2 rings (SSSR count). The molecular weight excluding hydrogens is 144 g/mol. The van der Waals surface area contributed by atoms with E-state index in [0.29, 0.717) is 17.8 Å². The van der Waals surface area contributed by atoms with E-state index >= 15 is 0 Å². The third-order valence-electron chi connectivity index (χ3n) is 1.49. The highest BCUT2D eigenvalue weighted by Gasteiger charge is 2.12. The molecule has 1 aromatic rings. The van der Waals surface area contributed by atoms with E-state index in [-0.39, 0.29) is 11.5 Å². The molecule has 3 N–H and O–H groups in total. The summed E-state index contributed by atoms with van der Waals surface area (Å²) in [6.07, 6.45) is 2.25. The van der Waals surface area contributed by atoms with Gasteiger partial charge in [0.1, 0.15) is 5.69 Å². The lowest BCUT2D eigenvalue weighted by Crippen LogP contribution is -2.11. The normalized spacial score (nSPS) is 13.5. The Bertz CT molecular complexity index is 379. The maximum atomic E-state index is 11.0. The number of nitrogens with two attached hydrogens (primary N) is 1. The first-order valence-corrected chi connectivity index (χ1v) is 3.18. The number of nitrogen functional groups attached to an aromatic ring is 1. The molecule has 0 bridgehead atoms. The van der Waals surface area contributed by atoms with E-state index in [4.69, 9.17) is 5.73 Å². The Morgan fingerprint density at radius 1 is 1.64 bits per heavy atom. The molecule has 11 heavy (non-hydrogen) atoms. The van der Waals surface area contributed by atoms with Gasteiger partial charge in [-0.3, -0.25) is 14.8 Å². The van der Waals surface area contributed by atoms with Crippen molar-refractivity contribution in [1.82, 2.24) is 9.97 Å². The van der Waals surface area contributed by atoms with Crippen molar-refractivity contribution in [3.8, 4) is 0 Å². The van der Waals surface area contributed by atoms with Gasteiger partial charge >= 0.3 is 0 Å². The van der Waals surface area contributed by atoms with Crippen LogP contribution in [0.25, 0.3) is 0 Å². The molecule has 0 unspecified atom stereocenters. The lowest BCUT2D eigenvalue weighted by molar-refractivity contribution is 1.08. The summed E-state index contributed by atoms with van der Waals surface area (Å²) in [5, 5.41) is 0. The third-order valence-corrected chi connectivity index (χ3v) is 1.49. The smallest absolute Gasteiger partial charge is 0.278 e. The van der Waals surface area contributed by atoms with Crippen molar-refractivity contribution in [3.63, 3.8) is 0 Å². The zero-order valence-electron chi connectivity index (χ0n) is 5.66. The van der Waals surface area contributed by atoms with Crippen LogP contribution in [0.2, 0.25) is 0 Å². The summed E-state index contributed by atoms with van der Waals surface area (Å²) in [6.45, 7) is 0. The van der Waals surface area contributed by atoms with Crippen molar-refractivity contribution < 1.29 is 0 Å². The molecule has 1 aliphatic heterocycles. The minimum absolute atomic E-state index is 0.152. The SMILES string of the molecule is Nc1nc2c(c(=O)[nH]1)N=CC2. The van der Waals surface area contributed by atoms with Crippen LogP contribution >= 0.6 is 0 Å². The summed E-state index contributed by atoms with van der Waals surface area (Å²) in [7, 11) is 0. The van der Waals surface area contributed by atoms with E-state index in [2.05, 4.69) is 15.0 Å². The second kappa shape index (κ2) is 1.91. The first kappa shape index (κ1) is 6.09. The monoisotopic (exact) mass is 150 g/mol.